The first-order valence-electron chi connectivity index (χ1n) is 11.7. The molecule has 186 valence electrons. The quantitative estimate of drug-likeness (QED) is 0.307. The molecule has 0 saturated heterocycles. The lowest BCUT2D eigenvalue weighted by Crippen LogP contribution is -2.44. The first kappa shape index (κ1) is 23.7. The van der Waals surface area contributed by atoms with Gasteiger partial charge in [-0.05, 0) is 30.5 Å². The number of aromatic nitrogens is 2. The number of para-hydroxylation sites is 1. The lowest BCUT2D eigenvalue weighted by atomic mass is 9.86. The van der Waals surface area contributed by atoms with Crippen LogP contribution in [0, 0.1) is 0 Å². The van der Waals surface area contributed by atoms with Crippen LogP contribution in [0.3, 0.4) is 0 Å². The number of aryl methyl sites for hydroxylation is 1. The number of cyclic esters (lactones) is 1. The summed E-state index contributed by atoms with van der Waals surface area (Å²) in [7, 11) is 0. The molecule has 0 spiro atoms. The van der Waals surface area contributed by atoms with Gasteiger partial charge in [-0.1, -0.05) is 25.1 Å². The van der Waals surface area contributed by atoms with Gasteiger partial charge in [0.1, 0.15) is 6.61 Å². The average Bonchev–Trinajstić information content (AvgIpc) is 3.23. The molecule has 4 heterocycles. The maximum Gasteiger partial charge on any atom is 0.343 e. The first-order valence-corrected chi connectivity index (χ1v) is 11.7. The van der Waals surface area contributed by atoms with Gasteiger partial charge in [-0.2, -0.15) is 0 Å². The zero-order valence-electron chi connectivity index (χ0n) is 19.9. The lowest BCUT2D eigenvalue weighted by Gasteiger charge is -2.31. The van der Waals surface area contributed by atoms with E-state index >= 15 is 0 Å². The minimum absolute atomic E-state index is 0.0611. The van der Waals surface area contributed by atoms with E-state index < -0.39 is 17.5 Å². The Morgan fingerprint density at radius 2 is 2.03 bits per heavy atom. The van der Waals surface area contributed by atoms with Gasteiger partial charge >= 0.3 is 11.9 Å². The van der Waals surface area contributed by atoms with E-state index in [1.165, 1.54) is 6.92 Å². The number of amides is 1. The molecule has 0 aliphatic carbocycles. The monoisotopic (exact) mass is 491 g/mol. The fourth-order valence-corrected chi connectivity index (χ4v) is 4.92. The zero-order chi connectivity index (χ0) is 25.6. The number of nitrogens with zero attached hydrogens (tertiary/aromatic N) is 2. The molecule has 3 aromatic rings. The molecule has 1 atom stereocenters. The highest BCUT2D eigenvalue weighted by molar-refractivity contribution is 5.89. The maximum atomic E-state index is 13.5. The van der Waals surface area contributed by atoms with E-state index in [0.717, 1.165) is 16.5 Å². The number of carbonyl (C=O) groups excluding carboxylic acids is 3. The van der Waals surface area contributed by atoms with Crippen molar-refractivity contribution in [3.05, 3.63) is 62.9 Å². The van der Waals surface area contributed by atoms with Crippen LogP contribution in [0.2, 0.25) is 0 Å². The summed E-state index contributed by atoms with van der Waals surface area (Å²) in [6, 6.07) is 9.17. The lowest BCUT2D eigenvalue weighted by molar-refractivity contribution is -0.172. The Morgan fingerprint density at radius 1 is 1.25 bits per heavy atom. The largest absolute Gasteiger partial charge is 0.458 e. The molecule has 0 radical (unpaired) electrons. The Balaban J connectivity index is 1.58. The second kappa shape index (κ2) is 8.87. The highest BCUT2D eigenvalue weighted by Crippen LogP contribution is 2.40. The summed E-state index contributed by atoms with van der Waals surface area (Å²) >= 11 is 0. The Kier molecular flexibility index (Phi) is 5.83. The predicted molar refractivity (Wildman–Crippen MR) is 128 cm³/mol. The van der Waals surface area contributed by atoms with Crippen LogP contribution in [-0.2, 0) is 49.0 Å². The van der Waals surface area contributed by atoms with E-state index in [1.54, 1.807) is 17.6 Å². The standard InChI is InChI=1S/C26H25N3O7/c1-3-26(34)19-10-21-23-17(11-29(21)24(32)18(19)12-35-25(26)33)15(16-6-4-5-7-20(16)28-23)8-9-22(31)36-13-27-14(2)30/h4-7,10,34H,3,8-9,11-13H2,1-2H3,(H,27,30)/t26-/m0/s1. The third-order valence-corrected chi connectivity index (χ3v) is 6.85. The fraction of sp³-hybridized carbons (Fsp3) is 0.346. The summed E-state index contributed by atoms with van der Waals surface area (Å²) < 4.78 is 11.8. The van der Waals surface area contributed by atoms with Crippen molar-refractivity contribution < 1.29 is 29.0 Å². The van der Waals surface area contributed by atoms with Crippen molar-refractivity contribution in [3.63, 3.8) is 0 Å². The molecular weight excluding hydrogens is 466 g/mol. The van der Waals surface area contributed by atoms with E-state index in [1.807, 2.05) is 24.3 Å². The van der Waals surface area contributed by atoms with Crippen molar-refractivity contribution in [2.24, 2.45) is 0 Å². The Bertz CT molecular complexity index is 1490. The maximum absolute atomic E-state index is 13.5. The molecule has 0 fully saturated rings. The number of hydrogen-bond donors (Lipinski definition) is 2. The van der Waals surface area contributed by atoms with Crippen molar-refractivity contribution in [2.75, 3.05) is 6.73 Å². The first-order chi connectivity index (χ1) is 17.2. The van der Waals surface area contributed by atoms with Crippen molar-refractivity contribution in [2.45, 2.75) is 51.9 Å². The summed E-state index contributed by atoms with van der Waals surface area (Å²) in [6.07, 6.45) is 0.471. The predicted octanol–water partition coefficient (Wildman–Crippen LogP) is 1.65. The molecule has 0 bridgehead atoms. The number of pyridine rings is 2. The Morgan fingerprint density at radius 3 is 2.78 bits per heavy atom. The molecule has 1 aromatic carbocycles. The van der Waals surface area contributed by atoms with Crippen LogP contribution in [0.5, 0.6) is 0 Å². The minimum Gasteiger partial charge on any atom is -0.458 e. The number of carbonyl (C=O) groups is 3. The van der Waals surface area contributed by atoms with Gasteiger partial charge in [0.2, 0.25) is 5.91 Å². The van der Waals surface area contributed by atoms with Gasteiger partial charge in [-0.15, -0.1) is 0 Å². The Labute approximate surface area is 205 Å². The minimum atomic E-state index is -1.90. The molecule has 0 unspecified atom stereocenters. The molecular formula is C26H25N3O7. The molecule has 2 N–H and O–H groups in total. The van der Waals surface area contributed by atoms with Crippen LogP contribution in [0.4, 0.5) is 0 Å². The number of benzene rings is 1. The SMILES string of the molecule is CC[C@@]1(O)C(=O)OCc2c1cc1n(c2=O)Cc2c-1nc1ccccc1c2CCC(=O)OCNC(C)=O. The summed E-state index contributed by atoms with van der Waals surface area (Å²) in [4.78, 5) is 54.0. The van der Waals surface area contributed by atoms with Gasteiger partial charge in [-0.3, -0.25) is 14.4 Å². The molecule has 10 heteroatoms. The van der Waals surface area contributed by atoms with Crippen LogP contribution < -0.4 is 10.9 Å². The molecule has 2 aromatic heterocycles. The molecule has 2 aliphatic rings. The fourth-order valence-electron chi connectivity index (χ4n) is 4.92. The number of fused-ring (bicyclic) bond motifs is 5. The normalized spacial score (nSPS) is 17.7. The van der Waals surface area contributed by atoms with Crippen molar-refractivity contribution >= 4 is 28.7 Å². The summed E-state index contributed by atoms with van der Waals surface area (Å²) in [5, 5.41) is 14.3. The van der Waals surface area contributed by atoms with Gasteiger partial charge in [0.15, 0.2) is 12.3 Å². The van der Waals surface area contributed by atoms with E-state index in [9.17, 15) is 24.3 Å². The van der Waals surface area contributed by atoms with Crippen LogP contribution in [-0.4, -0.2) is 39.2 Å². The molecule has 10 nitrogen and oxygen atoms in total. The van der Waals surface area contributed by atoms with Gasteiger partial charge in [0.25, 0.3) is 5.56 Å². The van der Waals surface area contributed by atoms with Crippen LogP contribution in [0.1, 0.15) is 48.9 Å². The molecule has 2 aliphatic heterocycles. The number of ether oxygens (including phenoxy) is 2. The molecule has 1 amide bonds. The van der Waals surface area contributed by atoms with E-state index in [4.69, 9.17) is 14.5 Å². The highest BCUT2D eigenvalue weighted by Gasteiger charge is 2.45. The van der Waals surface area contributed by atoms with E-state index in [2.05, 4.69) is 5.32 Å². The molecule has 36 heavy (non-hydrogen) atoms. The highest BCUT2D eigenvalue weighted by atomic mass is 16.6. The number of hydrogen-bond acceptors (Lipinski definition) is 8. The zero-order valence-corrected chi connectivity index (χ0v) is 19.9. The molecule has 0 saturated carbocycles. The second-order valence-corrected chi connectivity index (χ2v) is 8.93. The number of aliphatic hydroxyl groups is 1. The van der Waals surface area contributed by atoms with Gasteiger partial charge in [0.05, 0.1) is 29.0 Å². The average molecular weight is 492 g/mol. The van der Waals surface area contributed by atoms with Gasteiger partial charge in [0, 0.05) is 29.9 Å². The number of rotatable bonds is 6. The molecule has 5 rings (SSSR count). The van der Waals surface area contributed by atoms with Gasteiger partial charge in [-0.25, -0.2) is 9.78 Å². The summed E-state index contributed by atoms with van der Waals surface area (Å²) in [6.45, 7) is 2.83. The smallest absolute Gasteiger partial charge is 0.343 e. The van der Waals surface area contributed by atoms with Crippen molar-refractivity contribution in [1.29, 1.82) is 0 Å². The third-order valence-electron chi connectivity index (χ3n) is 6.85. The topological polar surface area (TPSA) is 137 Å². The number of esters is 2. The van der Waals surface area contributed by atoms with Crippen LogP contribution in [0.25, 0.3) is 22.3 Å². The second-order valence-electron chi connectivity index (χ2n) is 8.93. The van der Waals surface area contributed by atoms with Crippen LogP contribution in [0.15, 0.2) is 35.1 Å². The van der Waals surface area contributed by atoms with Crippen molar-refractivity contribution in [1.82, 2.24) is 14.9 Å². The van der Waals surface area contributed by atoms with Crippen LogP contribution >= 0.6 is 0 Å². The summed E-state index contributed by atoms with van der Waals surface area (Å²) in [5.41, 5.74) is 1.71. The van der Waals surface area contributed by atoms with Crippen molar-refractivity contribution in [3.8, 4) is 11.4 Å². The third kappa shape index (κ3) is 3.74. The van der Waals surface area contributed by atoms with E-state index in [0.29, 0.717) is 23.3 Å². The van der Waals surface area contributed by atoms with E-state index in [-0.39, 0.29) is 55.3 Å². The number of nitrogens with one attached hydrogen (secondary N) is 1. The Hall–Kier alpha value is -4.05. The summed E-state index contributed by atoms with van der Waals surface area (Å²) in [5.74, 6) is -1.54. The van der Waals surface area contributed by atoms with Gasteiger partial charge < -0.3 is 24.5 Å².